The van der Waals surface area contributed by atoms with Gasteiger partial charge in [0.15, 0.2) is 0 Å². The van der Waals surface area contributed by atoms with Crippen molar-refractivity contribution in [1.82, 2.24) is 16.0 Å². The lowest BCUT2D eigenvalue weighted by molar-refractivity contribution is -0.127. The summed E-state index contributed by atoms with van der Waals surface area (Å²) in [5, 5.41) is 7.86. The van der Waals surface area contributed by atoms with Gasteiger partial charge in [0, 0.05) is 6.92 Å². The second-order valence-electron chi connectivity index (χ2n) is 7.85. The van der Waals surface area contributed by atoms with Gasteiger partial charge in [-0.2, -0.15) is 0 Å². The summed E-state index contributed by atoms with van der Waals surface area (Å²) >= 11 is 0. The van der Waals surface area contributed by atoms with E-state index in [-0.39, 0.29) is 42.3 Å². The average molecular weight is 361 g/mol. The van der Waals surface area contributed by atoms with Gasteiger partial charge in [0.25, 0.3) is 0 Å². The van der Waals surface area contributed by atoms with Gasteiger partial charge in [0.2, 0.25) is 17.7 Å². The zero-order valence-corrected chi connectivity index (χ0v) is 16.6. The zero-order valence-electron chi connectivity index (χ0n) is 16.6. The Hall–Kier alpha value is -2.37. The maximum absolute atomic E-state index is 12.2. The lowest BCUT2D eigenvalue weighted by Crippen LogP contribution is -2.43. The molecule has 3 N–H and O–H groups in total. The first-order chi connectivity index (χ1) is 12.0. The summed E-state index contributed by atoms with van der Waals surface area (Å²) in [7, 11) is 0. The second-order valence-corrected chi connectivity index (χ2v) is 7.85. The number of carbonyl (C=O) groups is 3. The molecule has 1 aromatic rings. The van der Waals surface area contributed by atoms with E-state index in [1.165, 1.54) is 12.5 Å². The second kappa shape index (κ2) is 9.36. The maximum atomic E-state index is 12.2. The quantitative estimate of drug-likeness (QED) is 0.695. The van der Waals surface area contributed by atoms with Crippen LogP contribution in [-0.4, -0.2) is 30.8 Å². The zero-order chi connectivity index (χ0) is 19.9. The first-order valence-corrected chi connectivity index (χ1v) is 8.91. The van der Waals surface area contributed by atoms with E-state index < -0.39 is 5.91 Å². The molecule has 6 heteroatoms. The Bertz CT molecular complexity index is 631. The predicted octanol–water partition coefficient (Wildman–Crippen LogP) is 2.05. The molecule has 0 fully saturated rings. The molecule has 0 radical (unpaired) electrons. The predicted molar refractivity (Wildman–Crippen MR) is 103 cm³/mol. The van der Waals surface area contributed by atoms with E-state index in [4.69, 9.17) is 0 Å². The number of hydrogen-bond acceptors (Lipinski definition) is 3. The van der Waals surface area contributed by atoms with Crippen LogP contribution in [0.4, 0.5) is 0 Å². The fraction of sp³-hybridized carbons (Fsp3) is 0.550. The fourth-order valence-electron chi connectivity index (χ4n) is 2.50. The SMILES string of the molecule is CC(=O)NCC(=O)NCC(=O)NC(c1ccc(C(C)(C)C)cc1)C(C)C. The van der Waals surface area contributed by atoms with Crippen LogP contribution in [0.15, 0.2) is 24.3 Å². The van der Waals surface area contributed by atoms with E-state index in [1.807, 2.05) is 26.0 Å². The highest BCUT2D eigenvalue weighted by Gasteiger charge is 2.20. The molecule has 0 aliphatic rings. The number of rotatable bonds is 7. The molecule has 6 nitrogen and oxygen atoms in total. The van der Waals surface area contributed by atoms with Crippen molar-refractivity contribution in [2.24, 2.45) is 5.92 Å². The summed E-state index contributed by atoms with van der Waals surface area (Å²) in [4.78, 5) is 34.5. The minimum Gasteiger partial charge on any atom is -0.348 e. The molecule has 1 aromatic carbocycles. The summed E-state index contributed by atoms with van der Waals surface area (Å²) in [5.74, 6) is -0.747. The van der Waals surface area contributed by atoms with Gasteiger partial charge in [-0.1, -0.05) is 58.9 Å². The Morgan fingerprint density at radius 1 is 0.923 bits per heavy atom. The molecule has 0 aliphatic carbocycles. The third-order valence-corrected chi connectivity index (χ3v) is 4.06. The van der Waals surface area contributed by atoms with E-state index in [0.717, 1.165) is 5.56 Å². The van der Waals surface area contributed by atoms with Crippen LogP contribution in [-0.2, 0) is 19.8 Å². The number of amides is 3. The molecule has 26 heavy (non-hydrogen) atoms. The number of hydrogen-bond donors (Lipinski definition) is 3. The van der Waals surface area contributed by atoms with Crippen LogP contribution in [0.5, 0.6) is 0 Å². The van der Waals surface area contributed by atoms with Crippen LogP contribution in [0.2, 0.25) is 0 Å². The van der Waals surface area contributed by atoms with Gasteiger partial charge >= 0.3 is 0 Å². The lowest BCUT2D eigenvalue weighted by atomic mass is 9.85. The van der Waals surface area contributed by atoms with Crippen molar-refractivity contribution >= 4 is 17.7 Å². The third kappa shape index (κ3) is 7.25. The van der Waals surface area contributed by atoms with Gasteiger partial charge < -0.3 is 16.0 Å². The largest absolute Gasteiger partial charge is 0.348 e. The van der Waals surface area contributed by atoms with Crippen LogP contribution in [0.25, 0.3) is 0 Å². The normalized spacial score (nSPS) is 12.4. The number of benzene rings is 1. The van der Waals surface area contributed by atoms with E-state index in [9.17, 15) is 14.4 Å². The molecule has 0 bridgehead atoms. The van der Waals surface area contributed by atoms with Crippen molar-refractivity contribution < 1.29 is 14.4 Å². The smallest absolute Gasteiger partial charge is 0.239 e. The molecule has 1 rings (SSSR count). The Balaban J connectivity index is 2.66. The fourth-order valence-corrected chi connectivity index (χ4v) is 2.50. The first kappa shape index (κ1) is 21.7. The minimum absolute atomic E-state index is 0.0767. The van der Waals surface area contributed by atoms with Crippen LogP contribution in [0.1, 0.15) is 58.7 Å². The van der Waals surface area contributed by atoms with Crippen LogP contribution in [0, 0.1) is 5.92 Å². The summed E-state index contributed by atoms with van der Waals surface area (Å²) in [6.07, 6.45) is 0. The summed E-state index contributed by atoms with van der Waals surface area (Å²) < 4.78 is 0. The molecule has 1 atom stereocenters. The first-order valence-electron chi connectivity index (χ1n) is 8.91. The Kier molecular flexibility index (Phi) is 7.80. The summed E-state index contributed by atoms with van der Waals surface area (Å²) in [6, 6.07) is 8.13. The summed E-state index contributed by atoms with van der Waals surface area (Å²) in [6.45, 7) is 11.6. The van der Waals surface area contributed by atoms with Gasteiger partial charge in [-0.3, -0.25) is 14.4 Å². The molecule has 144 valence electrons. The molecule has 0 spiro atoms. The van der Waals surface area contributed by atoms with Crippen molar-refractivity contribution in [2.75, 3.05) is 13.1 Å². The Labute approximate surface area is 156 Å². The van der Waals surface area contributed by atoms with Crippen molar-refractivity contribution in [3.05, 3.63) is 35.4 Å². The van der Waals surface area contributed by atoms with Crippen LogP contribution < -0.4 is 16.0 Å². The van der Waals surface area contributed by atoms with Crippen molar-refractivity contribution in [3.63, 3.8) is 0 Å². The molecule has 0 aromatic heterocycles. The highest BCUT2D eigenvalue weighted by molar-refractivity contribution is 5.87. The Morgan fingerprint density at radius 3 is 1.92 bits per heavy atom. The van der Waals surface area contributed by atoms with Gasteiger partial charge in [0.05, 0.1) is 19.1 Å². The number of nitrogens with one attached hydrogen (secondary N) is 3. The molecule has 1 unspecified atom stereocenters. The maximum Gasteiger partial charge on any atom is 0.239 e. The molecule has 3 amide bonds. The minimum atomic E-state index is -0.397. The highest BCUT2D eigenvalue weighted by Crippen LogP contribution is 2.26. The molecule has 0 heterocycles. The molecular weight excluding hydrogens is 330 g/mol. The standard InChI is InChI=1S/C20H31N3O3/c1-13(2)19(15-7-9-16(10-8-15)20(4,5)6)23-18(26)12-22-17(25)11-21-14(3)24/h7-10,13,19H,11-12H2,1-6H3,(H,21,24)(H,22,25)(H,23,26). The van der Waals surface area contributed by atoms with Crippen LogP contribution in [0.3, 0.4) is 0 Å². The van der Waals surface area contributed by atoms with E-state index in [0.29, 0.717) is 0 Å². The van der Waals surface area contributed by atoms with Gasteiger partial charge in [-0.05, 0) is 22.5 Å². The van der Waals surface area contributed by atoms with E-state index in [2.05, 4.69) is 48.9 Å². The molecular formula is C20H31N3O3. The van der Waals surface area contributed by atoms with Gasteiger partial charge in [-0.15, -0.1) is 0 Å². The third-order valence-electron chi connectivity index (χ3n) is 4.06. The van der Waals surface area contributed by atoms with Crippen molar-refractivity contribution in [3.8, 4) is 0 Å². The molecule has 0 saturated carbocycles. The Morgan fingerprint density at radius 2 is 1.46 bits per heavy atom. The van der Waals surface area contributed by atoms with Gasteiger partial charge in [-0.25, -0.2) is 0 Å². The van der Waals surface area contributed by atoms with E-state index >= 15 is 0 Å². The lowest BCUT2D eigenvalue weighted by Gasteiger charge is -2.25. The highest BCUT2D eigenvalue weighted by atomic mass is 16.2. The topological polar surface area (TPSA) is 87.3 Å². The monoisotopic (exact) mass is 361 g/mol. The van der Waals surface area contributed by atoms with Crippen LogP contribution >= 0.6 is 0 Å². The summed E-state index contributed by atoms with van der Waals surface area (Å²) in [5.41, 5.74) is 2.35. The molecule has 0 saturated heterocycles. The van der Waals surface area contributed by atoms with E-state index in [1.54, 1.807) is 0 Å². The number of carbonyl (C=O) groups excluding carboxylic acids is 3. The van der Waals surface area contributed by atoms with Gasteiger partial charge in [0.1, 0.15) is 0 Å². The average Bonchev–Trinajstić information content (AvgIpc) is 2.55. The van der Waals surface area contributed by atoms with Crippen molar-refractivity contribution in [1.29, 1.82) is 0 Å². The molecule has 0 aliphatic heterocycles. The van der Waals surface area contributed by atoms with Crippen molar-refractivity contribution in [2.45, 2.75) is 53.0 Å².